The van der Waals surface area contributed by atoms with Gasteiger partial charge in [0.25, 0.3) is 0 Å². The first-order valence-electron chi connectivity index (χ1n) is 7.92. The van der Waals surface area contributed by atoms with Gasteiger partial charge in [0.1, 0.15) is 6.10 Å². The van der Waals surface area contributed by atoms with Gasteiger partial charge in [-0.05, 0) is 31.1 Å². The van der Waals surface area contributed by atoms with Crippen molar-refractivity contribution in [3.8, 4) is 0 Å². The van der Waals surface area contributed by atoms with Crippen molar-refractivity contribution >= 4 is 11.9 Å². The van der Waals surface area contributed by atoms with Crippen molar-refractivity contribution in [2.75, 3.05) is 13.7 Å². The minimum absolute atomic E-state index is 0.271. The van der Waals surface area contributed by atoms with E-state index in [1.807, 2.05) is 0 Å². The molecule has 0 bridgehead atoms. The van der Waals surface area contributed by atoms with Crippen molar-refractivity contribution in [1.82, 2.24) is 0 Å². The molecule has 1 heterocycles. The van der Waals surface area contributed by atoms with Crippen molar-refractivity contribution in [1.29, 1.82) is 0 Å². The van der Waals surface area contributed by atoms with E-state index in [2.05, 4.69) is 4.74 Å². The van der Waals surface area contributed by atoms with E-state index in [1.54, 1.807) is 30.3 Å². The van der Waals surface area contributed by atoms with Crippen LogP contribution in [0, 0.1) is 0 Å². The van der Waals surface area contributed by atoms with Gasteiger partial charge >= 0.3 is 11.9 Å². The highest BCUT2D eigenvalue weighted by Gasteiger charge is 2.28. The summed E-state index contributed by atoms with van der Waals surface area (Å²) in [6.45, 7) is 0.557. The predicted octanol–water partition coefficient (Wildman–Crippen LogP) is 1.87. The average molecular weight is 334 g/mol. The van der Waals surface area contributed by atoms with Crippen molar-refractivity contribution < 1.29 is 28.9 Å². The first-order chi connectivity index (χ1) is 11.6. The van der Waals surface area contributed by atoms with E-state index in [9.17, 15) is 14.7 Å². The zero-order valence-corrected chi connectivity index (χ0v) is 13.6. The molecule has 1 fully saturated rings. The zero-order valence-electron chi connectivity index (χ0n) is 13.6. The Kier molecular flexibility index (Phi) is 6.96. The number of benzene rings is 1. The van der Waals surface area contributed by atoms with Gasteiger partial charge in [-0.25, -0.2) is 9.59 Å². The summed E-state index contributed by atoms with van der Waals surface area (Å²) in [4.78, 5) is 23.5. The molecule has 1 saturated heterocycles. The molecule has 1 aromatic rings. The number of hydrogen-bond acceptors (Lipinski definition) is 6. The molecular weight excluding hydrogens is 312 g/mol. The Morgan fingerprint density at radius 3 is 2.79 bits per heavy atom. The molecule has 1 aliphatic heterocycles. The van der Waals surface area contributed by atoms with Crippen molar-refractivity contribution in [2.24, 2.45) is 0 Å². The van der Waals surface area contributed by atoms with Crippen molar-refractivity contribution in [2.45, 2.75) is 37.6 Å². The van der Waals surface area contributed by atoms with E-state index < -0.39 is 30.3 Å². The second-order valence-corrected chi connectivity index (χ2v) is 5.55. The Labute approximate surface area is 141 Å². The molecule has 1 aromatic carbocycles. The summed E-state index contributed by atoms with van der Waals surface area (Å²) in [7, 11) is 1.27. The van der Waals surface area contributed by atoms with Crippen LogP contribution in [0.25, 0.3) is 0 Å². The van der Waals surface area contributed by atoms with Crippen LogP contribution in [0.4, 0.5) is 0 Å². The van der Waals surface area contributed by atoms with E-state index in [4.69, 9.17) is 9.47 Å². The molecule has 0 saturated carbocycles. The predicted molar refractivity (Wildman–Crippen MR) is 86.4 cm³/mol. The first-order valence-corrected chi connectivity index (χ1v) is 7.92. The topological polar surface area (TPSA) is 82.1 Å². The lowest BCUT2D eigenvalue weighted by Crippen LogP contribution is -2.37. The fraction of sp³-hybridized carbons (Fsp3) is 0.444. The molecule has 3 atom stereocenters. The van der Waals surface area contributed by atoms with Crippen LogP contribution in [-0.2, 0) is 19.0 Å². The fourth-order valence-corrected chi connectivity index (χ4v) is 2.48. The SMILES string of the molecule is COC(=O)/C=C/[C@@H](C[C@H]1OCCC[C@H]1O)OC(=O)c1ccccc1. The largest absolute Gasteiger partial charge is 0.466 e. The molecule has 6 heteroatoms. The number of aliphatic hydroxyl groups is 1. The van der Waals surface area contributed by atoms with E-state index in [1.165, 1.54) is 19.3 Å². The minimum Gasteiger partial charge on any atom is -0.466 e. The van der Waals surface area contributed by atoms with Gasteiger partial charge in [0.15, 0.2) is 0 Å². The lowest BCUT2D eigenvalue weighted by atomic mass is 10.00. The maximum absolute atomic E-state index is 12.2. The van der Waals surface area contributed by atoms with Gasteiger partial charge < -0.3 is 19.3 Å². The first kappa shape index (κ1) is 18.2. The summed E-state index contributed by atoms with van der Waals surface area (Å²) < 4.78 is 15.6. The summed E-state index contributed by atoms with van der Waals surface area (Å²) in [6.07, 6.45) is 2.63. The Bertz CT molecular complexity index is 568. The normalized spacial score (nSPS) is 22.1. The quantitative estimate of drug-likeness (QED) is 0.632. The number of aliphatic hydroxyl groups excluding tert-OH is 1. The Morgan fingerprint density at radius 2 is 2.12 bits per heavy atom. The summed E-state index contributed by atoms with van der Waals surface area (Å²) in [5.41, 5.74) is 0.416. The van der Waals surface area contributed by atoms with Gasteiger partial charge in [0.2, 0.25) is 0 Å². The molecule has 0 unspecified atom stereocenters. The Balaban J connectivity index is 2.05. The Hall–Kier alpha value is -2.18. The van der Waals surface area contributed by atoms with E-state index in [0.717, 1.165) is 6.42 Å². The zero-order chi connectivity index (χ0) is 17.4. The molecule has 6 nitrogen and oxygen atoms in total. The summed E-state index contributed by atoms with van der Waals surface area (Å²) in [5.74, 6) is -1.04. The molecular formula is C18H22O6. The number of methoxy groups -OCH3 is 1. The van der Waals surface area contributed by atoms with Crippen LogP contribution in [0.1, 0.15) is 29.6 Å². The maximum atomic E-state index is 12.2. The number of carbonyl (C=O) groups is 2. The molecule has 130 valence electrons. The molecule has 1 N–H and O–H groups in total. The molecule has 0 radical (unpaired) electrons. The maximum Gasteiger partial charge on any atom is 0.338 e. The van der Waals surface area contributed by atoms with Gasteiger partial charge in [-0.15, -0.1) is 0 Å². The Morgan fingerprint density at radius 1 is 1.38 bits per heavy atom. The monoisotopic (exact) mass is 334 g/mol. The highest BCUT2D eigenvalue weighted by Crippen LogP contribution is 2.20. The fourth-order valence-electron chi connectivity index (χ4n) is 2.48. The molecule has 0 aromatic heterocycles. The van der Waals surface area contributed by atoms with Gasteiger partial charge in [0.05, 0.1) is 24.9 Å². The van der Waals surface area contributed by atoms with E-state index in [0.29, 0.717) is 18.6 Å². The highest BCUT2D eigenvalue weighted by molar-refractivity contribution is 5.89. The minimum atomic E-state index is -0.699. The van der Waals surface area contributed by atoms with E-state index in [-0.39, 0.29) is 6.42 Å². The average Bonchev–Trinajstić information content (AvgIpc) is 2.61. The number of rotatable bonds is 6. The van der Waals surface area contributed by atoms with Crippen LogP contribution < -0.4 is 0 Å². The number of hydrogen-bond donors (Lipinski definition) is 1. The molecule has 0 spiro atoms. The summed E-state index contributed by atoms with van der Waals surface area (Å²) in [6, 6.07) is 8.58. The number of carbonyl (C=O) groups excluding carboxylic acids is 2. The van der Waals surface area contributed by atoms with Crippen LogP contribution in [0.5, 0.6) is 0 Å². The smallest absolute Gasteiger partial charge is 0.338 e. The lowest BCUT2D eigenvalue weighted by Gasteiger charge is -2.30. The van der Waals surface area contributed by atoms with Crippen LogP contribution in [0.3, 0.4) is 0 Å². The van der Waals surface area contributed by atoms with Gasteiger partial charge in [-0.1, -0.05) is 18.2 Å². The molecule has 2 rings (SSSR count). The number of ether oxygens (including phenoxy) is 3. The molecule has 24 heavy (non-hydrogen) atoms. The third-order valence-electron chi connectivity index (χ3n) is 3.79. The van der Waals surface area contributed by atoms with Gasteiger partial charge in [0, 0.05) is 19.1 Å². The van der Waals surface area contributed by atoms with Gasteiger partial charge in [-0.3, -0.25) is 0 Å². The third-order valence-corrected chi connectivity index (χ3v) is 3.79. The third kappa shape index (κ3) is 5.47. The second kappa shape index (κ2) is 9.20. The van der Waals surface area contributed by atoms with Crippen LogP contribution in [-0.4, -0.2) is 49.1 Å². The van der Waals surface area contributed by atoms with Crippen LogP contribution >= 0.6 is 0 Å². The summed E-state index contributed by atoms with van der Waals surface area (Å²) >= 11 is 0. The highest BCUT2D eigenvalue weighted by atomic mass is 16.5. The van der Waals surface area contributed by atoms with Crippen molar-refractivity contribution in [3.63, 3.8) is 0 Å². The van der Waals surface area contributed by atoms with Crippen molar-refractivity contribution in [3.05, 3.63) is 48.0 Å². The molecule has 0 aliphatic carbocycles. The second-order valence-electron chi connectivity index (χ2n) is 5.55. The lowest BCUT2D eigenvalue weighted by molar-refractivity contribution is -0.134. The molecule has 1 aliphatic rings. The summed E-state index contributed by atoms with van der Waals surface area (Å²) in [5, 5.41) is 10.0. The number of esters is 2. The van der Waals surface area contributed by atoms with E-state index >= 15 is 0 Å². The standard InChI is InChI=1S/C18H22O6/c1-22-17(20)10-9-14(12-16-15(19)8-5-11-23-16)24-18(21)13-6-3-2-4-7-13/h2-4,6-7,9-10,14-16,19H,5,8,11-12H2,1H3/b10-9+/t14-,15+,16+/m0/s1. The van der Waals surface area contributed by atoms with Gasteiger partial charge in [-0.2, -0.15) is 0 Å². The molecule has 0 amide bonds. The van der Waals surface area contributed by atoms with Crippen LogP contribution in [0.15, 0.2) is 42.5 Å². The van der Waals surface area contributed by atoms with Crippen LogP contribution in [0.2, 0.25) is 0 Å².